The van der Waals surface area contributed by atoms with Gasteiger partial charge in [0.05, 0.1) is 6.61 Å². The Morgan fingerprint density at radius 2 is 2.25 bits per heavy atom. The molecular formula is C9H13FN2O3S. The van der Waals surface area contributed by atoms with Gasteiger partial charge in [0.1, 0.15) is 0 Å². The first-order valence-electron chi connectivity index (χ1n) is 4.56. The van der Waals surface area contributed by atoms with Crippen molar-refractivity contribution in [3.05, 3.63) is 24.1 Å². The Hall–Kier alpha value is -1.05. The number of rotatable bonds is 5. The first kappa shape index (κ1) is 13.0. The number of likely N-dealkylation sites (N-methyl/N-ethyl adjacent to an activating group) is 1. The van der Waals surface area contributed by atoms with Crippen molar-refractivity contribution in [3.8, 4) is 0 Å². The van der Waals surface area contributed by atoms with Crippen LogP contribution in [-0.2, 0) is 14.8 Å². The molecule has 1 heterocycles. The van der Waals surface area contributed by atoms with Crippen LogP contribution in [0.2, 0.25) is 0 Å². The third-order valence-electron chi connectivity index (χ3n) is 1.99. The van der Waals surface area contributed by atoms with E-state index in [0.717, 1.165) is 10.4 Å². The van der Waals surface area contributed by atoms with E-state index in [4.69, 9.17) is 4.74 Å². The molecule has 0 aliphatic rings. The summed E-state index contributed by atoms with van der Waals surface area (Å²) in [4.78, 5) is 3.53. The number of methoxy groups -OCH3 is 1. The summed E-state index contributed by atoms with van der Waals surface area (Å²) >= 11 is 0. The van der Waals surface area contributed by atoms with Crippen molar-refractivity contribution in [2.45, 2.75) is 5.03 Å². The Kier molecular flexibility index (Phi) is 4.34. The Bertz CT molecular complexity index is 450. The SMILES string of the molecule is COCCN(C)S(=O)(=O)c1ncccc1F. The first-order valence-corrected chi connectivity index (χ1v) is 6.00. The molecule has 5 nitrogen and oxygen atoms in total. The number of pyridine rings is 1. The Balaban J connectivity index is 2.98. The summed E-state index contributed by atoms with van der Waals surface area (Å²) in [6, 6.07) is 2.40. The van der Waals surface area contributed by atoms with E-state index < -0.39 is 20.9 Å². The van der Waals surface area contributed by atoms with Crippen molar-refractivity contribution < 1.29 is 17.5 Å². The zero-order chi connectivity index (χ0) is 12.2. The van der Waals surface area contributed by atoms with Crippen LogP contribution < -0.4 is 0 Å². The summed E-state index contributed by atoms with van der Waals surface area (Å²) in [6.45, 7) is 0.388. The van der Waals surface area contributed by atoms with Gasteiger partial charge in [-0.1, -0.05) is 0 Å². The fraction of sp³-hybridized carbons (Fsp3) is 0.444. The second-order valence-corrected chi connectivity index (χ2v) is 5.07. The van der Waals surface area contributed by atoms with E-state index in [-0.39, 0.29) is 13.2 Å². The molecule has 0 amide bonds. The number of hydrogen-bond acceptors (Lipinski definition) is 4. The van der Waals surface area contributed by atoms with Crippen molar-refractivity contribution in [1.82, 2.24) is 9.29 Å². The molecule has 0 unspecified atom stereocenters. The monoisotopic (exact) mass is 248 g/mol. The maximum atomic E-state index is 13.3. The lowest BCUT2D eigenvalue weighted by Crippen LogP contribution is -2.31. The van der Waals surface area contributed by atoms with Crippen molar-refractivity contribution in [1.29, 1.82) is 0 Å². The molecule has 0 spiro atoms. The van der Waals surface area contributed by atoms with Crippen molar-refractivity contribution in [2.75, 3.05) is 27.3 Å². The van der Waals surface area contributed by atoms with Crippen LogP contribution in [0.4, 0.5) is 4.39 Å². The Labute approximate surface area is 93.9 Å². The normalized spacial score (nSPS) is 12.0. The summed E-state index contributed by atoms with van der Waals surface area (Å²) in [5, 5.41) is -0.561. The van der Waals surface area contributed by atoms with Gasteiger partial charge in [0.15, 0.2) is 5.82 Å². The number of aromatic nitrogens is 1. The molecule has 0 saturated heterocycles. The lowest BCUT2D eigenvalue weighted by atomic mass is 10.5. The van der Waals surface area contributed by atoms with Crippen LogP contribution in [0.15, 0.2) is 23.4 Å². The molecular weight excluding hydrogens is 235 g/mol. The maximum absolute atomic E-state index is 13.3. The minimum absolute atomic E-state index is 0.148. The molecule has 1 rings (SSSR count). The highest BCUT2D eigenvalue weighted by Gasteiger charge is 2.25. The smallest absolute Gasteiger partial charge is 0.263 e. The third-order valence-corrected chi connectivity index (χ3v) is 3.78. The zero-order valence-corrected chi connectivity index (χ0v) is 9.87. The van der Waals surface area contributed by atoms with Gasteiger partial charge in [0.2, 0.25) is 5.03 Å². The van der Waals surface area contributed by atoms with Gasteiger partial charge in [-0.25, -0.2) is 17.8 Å². The molecule has 0 aliphatic heterocycles. The van der Waals surface area contributed by atoms with Crippen LogP contribution in [-0.4, -0.2) is 45.0 Å². The highest BCUT2D eigenvalue weighted by Crippen LogP contribution is 2.14. The molecule has 0 N–H and O–H groups in total. The Morgan fingerprint density at radius 1 is 1.56 bits per heavy atom. The maximum Gasteiger partial charge on any atom is 0.263 e. The molecule has 16 heavy (non-hydrogen) atoms. The Morgan fingerprint density at radius 3 is 2.81 bits per heavy atom. The highest BCUT2D eigenvalue weighted by atomic mass is 32.2. The van der Waals surface area contributed by atoms with E-state index >= 15 is 0 Å². The quantitative estimate of drug-likeness (QED) is 0.760. The molecule has 0 bridgehead atoms. The summed E-state index contributed by atoms with van der Waals surface area (Å²) in [7, 11) is -1.06. The summed E-state index contributed by atoms with van der Waals surface area (Å²) in [5.41, 5.74) is 0. The van der Waals surface area contributed by atoms with Crippen molar-refractivity contribution in [3.63, 3.8) is 0 Å². The number of sulfonamides is 1. The van der Waals surface area contributed by atoms with Crippen LogP contribution in [0, 0.1) is 5.82 Å². The average Bonchev–Trinajstić information content (AvgIpc) is 2.26. The molecule has 1 aromatic rings. The van der Waals surface area contributed by atoms with Gasteiger partial charge < -0.3 is 4.74 Å². The molecule has 7 heteroatoms. The second kappa shape index (κ2) is 5.33. The predicted molar refractivity (Wildman–Crippen MR) is 55.9 cm³/mol. The van der Waals surface area contributed by atoms with Crippen LogP contribution in [0.25, 0.3) is 0 Å². The number of nitrogens with zero attached hydrogens (tertiary/aromatic N) is 2. The fourth-order valence-corrected chi connectivity index (χ4v) is 2.17. The van der Waals surface area contributed by atoms with E-state index in [0.29, 0.717) is 0 Å². The minimum atomic E-state index is -3.87. The topological polar surface area (TPSA) is 59.5 Å². The molecule has 0 atom stereocenters. The van der Waals surface area contributed by atoms with Gasteiger partial charge in [-0.15, -0.1) is 0 Å². The van der Waals surface area contributed by atoms with Crippen LogP contribution in [0.1, 0.15) is 0 Å². The predicted octanol–water partition coefficient (Wildman–Crippen LogP) is 0.488. The van der Waals surface area contributed by atoms with Gasteiger partial charge in [-0.2, -0.15) is 4.31 Å². The van der Waals surface area contributed by atoms with Crippen LogP contribution in [0.5, 0.6) is 0 Å². The third kappa shape index (κ3) is 2.75. The van der Waals surface area contributed by atoms with E-state index in [1.165, 1.54) is 26.4 Å². The van der Waals surface area contributed by atoms with Gasteiger partial charge >= 0.3 is 0 Å². The summed E-state index contributed by atoms with van der Waals surface area (Å²) < 4.78 is 42.7. The second-order valence-electron chi connectivity index (χ2n) is 3.11. The number of halogens is 1. The summed E-state index contributed by atoms with van der Waals surface area (Å²) in [6.07, 6.45) is 1.24. The first-order chi connectivity index (χ1) is 7.50. The van der Waals surface area contributed by atoms with Gasteiger partial charge in [-0.05, 0) is 12.1 Å². The van der Waals surface area contributed by atoms with Crippen LogP contribution >= 0.6 is 0 Å². The molecule has 0 fully saturated rings. The zero-order valence-electron chi connectivity index (χ0n) is 9.05. The van der Waals surface area contributed by atoms with Crippen LogP contribution in [0.3, 0.4) is 0 Å². The largest absolute Gasteiger partial charge is 0.383 e. The molecule has 0 saturated carbocycles. The summed E-state index contributed by atoms with van der Waals surface area (Å²) in [5.74, 6) is -0.855. The molecule has 90 valence electrons. The van der Waals surface area contributed by atoms with Crippen molar-refractivity contribution >= 4 is 10.0 Å². The number of hydrogen-bond donors (Lipinski definition) is 0. The highest BCUT2D eigenvalue weighted by molar-refractivity contribution is 7.89. The van der Waals surface area contributed by atoms with E-state index in [1.807, 2.05) is 0 Å². The van der Waals surface area contributed by atoms with Gasteiger partial charge in [0.25, 0.3) is 10.0 Å². The van der Waals surface area contributed by atoms with Gasteiger partial charge in [0, 0.05) is 26.9 Å². The van der Waals surface area contributed by atoms with E-state index in [2.05, 4.69) is 4.98 Å². The minimum Gasteiger partial charge on any atom is -0.383 e. The standard InChI is InChI=1S/C9H13FN2O3S/c1-12(6-7-15-2)16(13,14)9-8(10)4-3-5-11-9/h3-5H,6-7H2,1-2H3. The fourth-order valence-electron chi connectivity index (χ4n) is 1.05. The van der Waals surface area contributed by atoms with E-state index in [9.17, 15) is 12.8 Å². The lowest BCUT2D eigenvalue weighted by molar-refractivity contribution is 0.185. The molecule has 1 aromatic heterocycles. The van der Waals surface area contributed by atoms with Crippen molar-refractivity contribution in [2.24, 2.45) is 0 Å². The lowest BCUT2D eigenvalue weighted by Gasteiger charge is -2.15. The van der Waals surface area contributed by atoms with Gasteiger partial charge in [-0.3, -0.25) is 0 Å². The molecule has 0 radical (unpaired) electrons. The number of ether oxygens (including phenoxy) is 1. The van der Waals surface area contributed by atoms with E-state index in [1.54, 1.807) is 0 Å². The average molecular weight is 248 g/mol. The molecule has 0 aliphatic carbocycles. The molecule has 0 aromatic carbocycles.